The molecule has 1 N–H and O–H groups in total. The van der Waals surface area contributed by atoms with E-state index in [9.17, 15) is 9.18 Å². The fourth-order valence-corrected chi connectivity index (χ4v) is 2.24. The summed E-state index contributed by atoms with van der Waals surface area (Å²) >= 11 is 3.21. The number of hydrogen-bond donors (Lipinski definition) is 1. The van der Waals surface area contributed by atoms with Crippen LogP contribution >= 0.6 is 15.9 Å². The van der Waals surface area contributed by atoms with E-state index >= 15 is 0 Å². The summed E-state index contributed by atoms with van der Waals surface area (Å²) in [4.78, 5) is 12.6. The first-order valence-corrected chi connectivity index (χ1v) is 6.65. The van der Waals surface area contributed by atoms with Gasteiger partial charge in [0, 0.05) is 16.1 Å². The predicted molar refractivity (Wildman–Crippen MR) is 72.0 cm³/mol. The van der Waals surface area contributed by atoms with Gasteiger partial charge in [0.05, 0.1) is 6.54 Å². The van der Waals surface area contributed by atoms with Crippen LogP contribution in [-0.4, -0.2) is 29.1 Å². The lowest BCUT2D eigenvalue weighted by atomic mass is 10.1. The van der Waals surface area contributed by atoms with Gasteiger partial charge in [-0.25, -0.2) is 4.39 Å². The van der Waals surface area contributed by atoms with E-state index < -0.39 is 5.97 Å². The van der Waals surface area contributed by atoms with E-state index in [2.05, 4.69) is 15.9 Å². The van der Waals surface area contributed by atoms with Crippen LogP contribution in [0.4, 0.5) is 4.39 Å². The molecule has 0 radical (unpaired) electrons. The molecule has 0 saturated carbocycles. The monoisotopic (exact) mass is 317 g/mol. The summed E-state index contributed by atoms with van der Waals surface area (Å²) in [5, 5.41) is 8.88. The van der Waals surface area contributed by atoms with Gasteiger partial charge in [-0.3, -0.25) is 9.69 Å². The molecule has 5 heteroatoms. The quantitative estimate of drug-likeness (QED) is 0.873. The highest BCUT2D eigenvalue weighted by atomic mass is 79.9. The largest absolute Gasteiger partial charge is 0.480 e. The van der Waals surface area contributed by atoms with Crippen LogP contribution in [0.15, 0.2) is 22.7 Å². The van der Waals surface area contributed by atoms with Gasteiger partial charge < -0.3 is 5.11 Å². The number of aliphatic carboxylic acids is 1. The van der Waals surface area contributed by atoms with Crippen LogP contribution in [0.5, 0.6) is 0 Å². The Morgan fingerprint density at radius 1 is 1.56 bits per heavy atom. The Morgan fingerprint density at radius 3 is 2.72 bits per heavy atom. The van der Waals surface area contributed by atoms with Gasteiger partial charge in [-0.1, -0.05) is 28.9 Å². The van der Waals surface area contributed by atoms with Crippen molar-refractivity contribution in [3.8, 4) is 0 Å². The van der Waals surface area contributed by atoms with Crippen LogP contribution in [-0.2, 0) is 4.79 Å². The average Bonchev–Trinajstić information content (AvgIpc) is 2.27. The zero-order valence-electron chi connectivity index (χ0n) is 10.5. The second kappa shape index (κ2) is 6.85. The summed E-state index contributed by atoms with van der Waals surface area (Å²) in [5.41, 5.74) is 0.521. The number of benzene rings is 1. The molecule has 1 unspecified atom stereocenters. The molecule has 0 aliphatic heterocycles. The Hall–Kier alpha value is -0.940. The number of carbonyl (C=O) groups is 1. The van der Waals surface area contributed by atoms with Crippen molar-refractivity contribution in [1.29, 1.82) is 0 Å². The van der Waals surface area contributed by atoms with E-state index in [0.717, 1.165) is 6.42 Å². The van der Waals surface area contributed by atoms with E-state index in [-0.39, 0.29) is 18.4 Å². The standard InChI is InChI=1S/C13H17BrFNO2/c1-3-6-16(8-13(17)18)9(2)11-5-4-10(14)7-12(11)15/h4-5,7,9H,3,6,8H2,1-2H3,(H,17,18). The van der Waals surface area contributed by atoms with Gasteiger partial charge in [0.25, 0.3) is 0 Å². The lowest BCUT2D eigenvalue weighted by Gasteiger charge is -2.27. The maximum atomic E-state index is 13.8. The highest BCUT2D eigenvalue weighted by Crippen LogP contribution is 2.25. The Kier molecular flexibility index (Phi) is 5.75. The molecule has 0 aliphatic rings. The van der Waals surface area contributed by atoms with Crippen molar-refractivity contribution in [3.63, 3.8) is 0 Å². The third-order valence-corrected chi connectivity index (χ3v) is 3.30. The van der Waals surface area contributed by atoms with Crippen LogP contribution < -0.4 is 0 Å². The van der Waals surface area contributed by atoms with Crippen LogP contribution in [0.25, 0.3) is 0 Å². The molecular weight excluding hydrogens is 301 g/mol. The molecular formula is C13H17BrFNO2. The molecule has 0 heterocycles. The van der Waals surface area contributed by atoms with Crippen LogP contribution in [0.3, 0.4) is 0 Å². The second-order valence-electron chi connectivity index (χ2n) is 4.21. The first-order valence-electron chi connectivity index (χ1n) is 5.86. The number of hydrogen-bond acceptors (Lipinski definition) is 2. The first-order chi connectivity index (χ1) is 8.45. The van der Waals surface area contributed by atoms with Crippen molar-refractivity contribution in [2.75, 3.05) is 13.1 Å². The molecule has 1 atom stereocenters. The van der Waals surface area contributed by atoms with Crippen LogP contribution in [0, 0.1) is 5.82 Å². The molecule has 0 saturated heterocycles. The maximum absolute atomic E-state index is 13.8. The summed E-state index contributed by atoms with van der Waals surface area (Å²) in [6.45, 7) is 4.35. The summed E-state index contributed by atoms with van der Waals surface area (Å²) in [6.07, 6.45) is 0.829. The third kappa shape index (κ3) is 4.07. The second-order valence-corrected chi connectivity index (χ2v) is 5.12. The van der Waals surface area contributed by atoms with Crippen molar-refractivity contribution >= 4 is 21.9 Å². The van der Waals surface area contributed by atoms with Crippen LogP contribution in [0.1, 0.15) is 31.9 Å². The van der Waals surface area contributed by atoms with E-state index in [0.29, 0.717) is 16.6 Å². The molecule has 3 nitrogen and oxygen atoms in total. The molecule has 0 fully saturated rings. The molecule has 0 aliphatic carbocycles. The molecule has 0 bridgehead atoms. The highest BCUT2D eigenvalue weighted by molar-refractivity contribution is 9.10. The van der Waals surface area contributed by atoms with Crippen molar-refractivity contribution in [2.45, 2.75) is 26.3 Å². The SMILES string of the molecule is CCCN(CC(=O)O)C(C)c1ccc(Br)cc1F. The molecule has 0 aromatic heterocycles. The fourth-order valence-electron chi connectivity index (χ4n) is 1.91. The molecule has 0 amide bonds. The Labute approximate surface area is 115 Å². The van der Waals surface area contributed by atoms with Gasteiger partial charge in [0.1, 0.15) is 5.82 Å². The van der Waals surface area contributed by atoms with Crippen molar-refractivity contribution in [3.05, 3.63) is 34.1 Å². The van der Waals surface area contributed by atoms with Gasteiger partial charge in [-0.15, -0.1) is 0 Å². The Morgan fingerprint density at radius 2 is 2.22 bits per heavy atom. The summed E-state index contributed by atoms with van der Waals surface area (Å²) in [7, 11) is 0. The zero-order valence-corrected chi connectivity index (χ0v) is 12.1. The van der Waals surface area contributed by atoms with E-state index in [1.165, 1.54) is 6.07 Å². The van der Waals surface area contributed by atoms with Crippen molar-refractivity contribution in [1.82, 2.24) is 4.90 Å². The van der Waals surface area contributed by atoms with E-state index in [1.807, 2.05) is 13.8 Å². The minimum atomic E-state index is -0.896. The minimum absolute atomic E-state index is 0.0789. The first kappa shape index (κ1) is 15.1. The van der Waals surface area contributed by atoms with Gasteiger partial charge in [0.15, 0.2) is 0 Å². The van der Waals surface area contributed by atoms with E-state index in [4.69, 9.17) is 5.11 Å². The topological polar surface area (TPSA) is 40.5 Å². The molecule has 1 aromatic carbocycles. The molecule has 18 heavy (non-hydrogen) atoms. The molecule has 0 spiro atoms. The number of halogens is 2. The summed E-state index contributed by atoms with van der Waals surface area (Å²) < 4.78 is 14.5. The molecule has 100 valence electrons. The van der Waals surface area contributed by atoms with Gasteiger partial charge in [-0.05, 0) is 32.0 Å². The smallest absolute Gasteiger partial charge is 0.317 e. The minimum Gasteiger partial charge on any atom is -0.480 e. The zero-order chi connectivity index (χ0) is 13.7. The van der Waals surface area contributed by atoms with Crippen molar-refractivity contribution in [2.24, 2.45) is 0 Å². The van der Waals surface area contributed by atoms with Gasteiger partial charge in [0.2, 0.25) is 0 Å². The van der Waals surface area contributed by atoms with Gasteiger partial charge >= 0.3 is 5.97 Å². The van der Waals surface area contributed by atoms with E-state index in [1.54, 1.807) is 17.0 Å². The number of carboxylic acid groups (broad SMARTS) is 1. The Bertz CT molecular complexity index is 425. The van der Waals surface area contributed by atoms with Gasteiger partial charge in [-0.2, -0.15) is 0 Å². The number of nitrogens with zero attached hydrogens (tertiary/aromatic N) is 1. The Balaban J connectivity index is 2.93. The molecule has 1 aromatic rings. The number of rotatable bonds is 6. The average molecular weight is 318 g/mol. The maximum Gasteiger partial charge on any atom is 0.317 e. The van der Waals surface area contributed by atoms with Crippen LogP contribution in [0.2, 0.25) is 0 Å². The molecule has 1 rings (SSSR count). The lowest BCUT2D eigenvalue weighted by molar-refractivity contribution is -0.138. The lowest BCUT2D eigenvalue weighted by Crippen LogP contribution is -2.33. The predicted octanol–water partition coefficient (Wildman–Crippen LogP) is 3.45. The summed E-state index contributed by atoms with van der Waals surface area (Å²) in [6, 6.07) is 4.60. The fraction of sp³-hybridized carbons (Fsp3) is 0.462. The van der Waals surface area contributed by atoms with Crippen molar-refractivity contribution < 1.29 is 14.3 Å². The third-order valence-electron chi connectivity index (χ3n) is 2.81. The highest BCUT2D eigenvalue weighted by Gasteiger charge is 2.20. The normalized spacial score (nSPS) is 12.7. The number of carboxylic acids is 1. The summed E-state index contributed by atoms with van der Waals surface area (Å²) in [5.74, 6) is -1.21.